The molecular weight excluding hydrogens is 759 g/mol. The van der Waals surface area contributed by atoms with Gasteiger partial charge in [0.05, 0.1) is 0 Å². The summed E-state index contributed by atoms with van der Waals surface area (Å²) >= 11 is 0. The smallest absolute Gasteiger partial charge is 0.252 e. The van der Waals surface area contributed by atoms with Crippen LogP contribution in [-0.4, -0.2) is 6.71 Å². The molecule has 10 aromatic carbocycles. The third-order valence-corrected chi connectivity index (χ3v) is 12.8. The third kappa shape index (κ3) is 6.45. The minimum Gasteiger partial charge on any atom is -0.311 e. The Kier molecular flexibility index (Phi) is 8.97. The van der Waals surface area contributed by atoms with Gasteiger partial charge in [-0.2, -0.15) is 0 Å². The molecule has 0 N–H and O–H groups in total. The molecule has 2 nitrogen and oxygen atoms in total. The van der Waals surface area contributed by atoms with Gasteiger partial charge in [-0.3, -0.25) is 0 Å². The lowest BCUT2D eigenvalue weighted by atomic mass is 9.33. The normalized spacial score (nSPS) is 12.3. The molecule has 0 bridgehead atoms. The minimum absolute atomic E-state index is 0.0355. The van der Waals surface area contributed by atoms with Gasteiger partial charge in [-0.25, -0.2) is 0 Å². The molecule has 63 heavy (non-hydrogen) atoms. The highest BCUT2D eigenvalue weighted by molar-refractivity contribution is 7.00. The van der Waals surface area contributed by atoms with Crippen LogP contribution in [0.25, 0.3) is 55.6 Å². The van der Waals surface area contributed by atoms with Crippen molar-refractivity contribution in [3.05, 3.63) is 249 Å². The lowest BCUT2D eigenvalue weighted by molar-refractivity contribution is 1.25. The summed E-state index contributed by atoms with van der Waals surface area (Å²) in [6, 6.07) is 91.2. The van der Waals surface area contributed by atoms with Gasteiger partial charge in [-0.1, -0.05) is 200 Å². The zero-order chi connectivity index (χ0) is 41.7. The Balaban J connectivity index is 1.16. The first-order valence-electron chi connectivity index (χ1n) is 21.8. The molecule has 2 aliphatic rings. The van der Waals surface area contributed by atoms with Crippen LogP contribution in [0.2, 0.25) is 0 Å². The molecule has 0 atom stereocenters. The Bertz CT molecular complexity index is 3260. The van der Waals surface area contributed by atoms with Gasteiger partial charge in [0.2, 0.25) is 0 Å². The average molecular weight is 801 g/mol. The van der Waals surface area contributed by atoms with Gasteiger partial charge in [0.1, 0.15) is 0 Å². The van der Waals surface area contributed by atoms with E-state index in [4.69, 9.17) is 0 Å². The molecular formula is C60H41BN2. The number of rotatable bonds is 7. The predicted octanol–water partition coefficient (Wildman–Crippen LogP) is 14.1. The highest BCUT2D eigenvalue weighted by Crippen LogP contribution is 2.47. The fourth-order valence-electron chi connectivity index (χ4n) is 9.86. The SMILES string of the molecule is c1ccc(-c2ccc(N3c4cc(-c5ccccc5)ccc4B4c5cc(-c6ccccc6)ccc5N(c5cccc(-c6ccccc6)c5)c5cc(-c6ccccc6)cc3c54)cc2)cc1. The lowest BCUT2D eigenvalue weighted by Gasteiger charge is -2.44. The van der Waals surface area contributed by atoms with E-state index in [2.05, 4.69) is 259 Å². The standard InChI is InChI=1S/C60H41BN2/c1-6-17-42(18-7-1)47-29-33-52(34-30-47)62-57-39-50(45-23-12-4-13-24-45)31-35-54(57)61-55-38-49(44-21-10-3-11-22-44)32-36-56(55)63(53-28-16-27-48(37-53)43-19-8-2-9-20-43)59-41-51(40-58(62)60(59)61)46-25-14-5-15-26-46/h1-41H. The largest absolute Gasteiger partial charge is 0.311 e. The van der Waals surface area contributed by atoms with E-state index < -0.39 is 0 Å². The molecule has 12 rings (SSSR count). The van der Waals surface area contributed by atoms with Crippen molar-refractivity contribution in [3.8, 4) is 55.6 Å². The Morgan fingerprint density at radius 1 is 0.222 bits per heavy atom. The van der Waals surface area contributed by atoms with E-state index in [1.807, 2.05) is 0 Å². The fraction of sp³-hybridized carbons (Fsp3) is 0. The zero-order valence-electron chi connectivity index (χ0n) is 34.6. The van der Waals surface area contributed by atoms with Crippen LogP contribution >= 0.6 is 0 Å². The van der Waals surface area contributed by atoms with E-state index in [9.17, 15) is 0 Å². The number of benzene rings is 10. The van der Waals surface area contributed by atoms with Crippen molar-refractivity contribution in [1.82, 2.24) is 0 Å². The highest BCUT2D eigenvalue weighted by atomic mass is 15.2. The van der Waals surface area contributed by atoms with Crippen LogP contribution in [0.5, 0.6) is 0 Å². The molecule has 0 saturated carbocycles. The maximum Gasteiger partial charge on any atom is 0.252 e. The molecule has 0 aliphatic carbocycles. The van der Waals surface area contributed by atoms with E-state index >= 15 is 0 Å². The molecule has 3 heteroatoms. The van der Waals surface area contributed by atoms with Crippen LogP contribution in [0.3, 0.4) is 0 Å². The highest BCUT2D eigenvalue weighted by Gasteiger charge is 2.44. The first-order valence-corrected chi connectivity index (χ1v) is 21.8. The van der Waals surface area contributed by atoms with Gasteiger partial charge in [-0.05, 0) is 121 Å². The van der Waals surface area contributed by atoms with Gasteiger partial charge in [0.25, 0.3) is 6.71 Å². The van der Waals surface area contributed by atoms with E-state index in [1.165, 1.54) is 94.8 Å². The summed E-state index contributed by atoms with van der Waals surface area (Å²) in [5.74, 6) is 0. The second kappa shape index (κ2) is 15.4. The molecule has 0 spiro atoms. The van der Waals surface area contributed by atoms with Crippen molar-refractivity contribution in [2.75, 3.05) is 9.80 Å². The van der Waals surface area contributed by atoms with Gasteiger partial charge in [0, 0.05) is 34.1 Å². The second-order valence-corrected chi connectivity index (χ2v) is 16.5. The van der Waals surface area contributed by atoms with Crippen LogP contribution in [0.15, 0.2) is 249 Å². The molecule has 10 aromatic rings. The molecule has 2 aliphatic heterocycles. The zero-order valence-corrected chi connectivity index (χ0v) is 34.6. The van der Waals surface area contributed by atoms with Crippen LogP contribution in [-0.2, 0) is 0 Å². The van der Waals surface area contributed by atoms with Crippen LogP contribution < -0.4 is 26.2 Å². The molecule has 0 unspecified atom stereocenters. The van der Waals surface area contributed by atoms with E-state index in [0.29, 0.717) is 0 Å². The minimum atomic E-state index is -0.0355. The van der Waals surface area contributed by atoms with E-state index in [0.717, 1.165) is 11.4 Å². The third-order valence-electron chi connectivity index (χ3n) is 12.8. The number of hydrogen-bond donors (Lipinski definition) is 0. The van der Waals surface area contributed by atoms with Gasteiger partial charge in [-0.15, -0.1) is 0 Å². The summed E-state index contributed by atoms with van der Waals surface area (Å²) in [6.45, 7) is -0.0355. The van der Waals surface area contributed by atoms with Crippen molar-refractivity contribution in [2.24, 2.45) is 0 Å². The summed E-state index contributed by atoms with van der Waals surface area (Å²) in [5, 5.41) is 0. The maximum atomic E-state index is 2.53. The number of hydrogen-bond acceptors (Lipinski definition) is 2. The Labute approximate surface area is 369 Å². The van der Waals surface area contributed by atoms with Crippen molar-refractivity contribution < 1.29 is 0 Å². The Hall–Kier alpha value is -8.14. The number of fused-ring (bicyclic) bond motifs is 4. The molecule has 0 saturated heterocycles. The maximum absolute atomic E-state index is 2.53. The number of anilines is 6. The summed E-state index contributed by atoms with van der Waals surface area (Å²) < 4.78 is 0. The monoisotopic (exact) mass is 800 g/mol. The second-order valence-electron chi connectivity index (χ2n) is 16.5. The van der Waals surface area contributed by atoms with Gasteiger partial charge >= 0.3 is 0 Å². The van der Waals surface area contributed by atoms with E-state index in [1.54, 1.807) is 0 Å². The van der Waals surface area contributed by atoms with Gasteiger partial charge < -0.3 is 9.80 Å². The quantitative estimate of drug-likeness (QED) is 0.148. The summed E-state index contributed by atoms with van der Waals surface area (Å²) in [7, 11) is 0. The molecule has 0 amide bonds. The molecule has 2 heterocycles. The van der Waals surface area contributed by atoms with E-state index in [-0.39, 0.29) is 6.71 Å². The summed E-state index contributed by atoms with van der Waals surface area (Å²) in [5.41, 5.74) is 22.8. The molecule has 0 fully saturated rings. The van der Waals surface area contributed by atoms with Gasteiger partial charge in [0.15, 0.2) is 0 Å². The molecule has 0 radical (unpaired) electrons. The molecule has 294 valence electrons. The lowest BCUT2D eigenvalue weighted by Crippen LogP contribution is -2.61. The first kappa shape index (κ1) is 36.7. The fourth-order valence-corrected chi connectivity index (χ4v) is 9.86. The average Bonchev–Trinajstić information content (AvgIpc) is 3.37. The summed E-state index contributed by atoms with van der Waals surface area (Å²) in [4.78, 5) is 5.06. The Morgan fingerprint density at radius 3 is 1.17 bits per heavy atom. The predicted molar refractivity (Wildman–Crippen MR) is 268 cm³/mol. The van der Waals surface area contributed by atoms with Crippen molar-refractivity contribution >= 4 is 57.2 Å². The number of nitrogens with zero attached hydrogens (tertiary/aromatic N) is 2. The molecule has 0 aromatic heterocycles. The summed E-state index contributed by atoms with van der Waals surface area (Å²) in [6.07, 6.45) is 0. The van der Waals surface area contributed by atoms with Crippen LogP contribution in [0.4, 0.5) is 34.1 Å². The van der Waals surface area contributed by atoms with Crippen molar-refractivity contribution in [3.63, 3.8) is 0 Å². The topological polar surface area (TPSA) is 6.48 Å². The van der Waals surface area contributed by atoms with Crippen molar-refractivity contribution in [2.45, 2.75) is 0 Å². The first-order chi connectivity index (χ1) is 31.2. The van der Waals surface area contributed by atoms with Crippen LogP contribution in [0, 0.1) is 0 Å². The van der Waals surface area contributed by atoms with Crippen molar-refractivity contribution in [1.29, 1.82) is 0 Å². The van der Waals surface area contributed by atoms with Crippen LogP contribution in [0.1, 0.15) is 0 Å². The Morgan fingerprint density at radius 2 is 0.619 bits per heavy atom.